The van der Waals surface area contributed by atoms with E-state index in [1.54, 1.807) is 0 Å². The van der Waals surface area contributed by atoms with Crippen LogP contribution in [0.1, 0.15) is 17.5 Å². The summed E-state index contributed by atoms with van der Waals surface area (Å²) in [6.45, 7) is 2.85. The third-order valence-electron chi connectivity index (χ3n) is 3.12. The van der Waals surface area contributed by atoms with Gasteiger partial charge in [0, 0.05) is 23.5 Å². The molecule has 0 radical (unpaired) electrons. The Morgan fingerprint density at radius 2 is 2.09 bits per heavy atom. The van der Waals surface area contributed by atoms with Gasteiger partial charge in [0.25, 0.3) is 0 Å². The van der Waals surface area contributed by atoms with Crippen molar-refractivity contribution in [2.24, 2.45) is 0 Å². The Morgan fingerprint density at radius 3 is 2.83 bits per heavy atom. The average Bonchev–Trinajstić information content (AvgIpc) is 2.54. The van der Waals surface area contributed by atoms with Crippen molar-refractivity contribution in [2.75, 3.05) is 17.6 Å². The number of thiocarbonyl (C=S) groups is 1. The zero-order valence-electron chi connectivity index (χ0n) is 13.0. The van der Waals surface area contributed by atoms with Crippen LogP contribution < -0.4 is 10.6 Å². The van der Waals surface area contributed by atoms with Crippen molar-refractivity contribution < 1.29 is 0 Å². The van der Waals surface area contributed by atoms with E-state index in [4.69, 9.17) is 23.8 Å². The molecule has 0 fully saturated rings. The van der Waals surface area contributed by atoms with Crippen LogP contribution in [-0.4, -0.2) is 22.4 Å². The molecule has 122 valence electrons. The van der Waals surface area contributed by atoms with E-state index in [0.29, 0.717) is 5.11 Å². The molecule has 2 N–H and O–H groups in total. The van der Waals surface area contributed by atoms with Gasteiger partial charge in [-0.25, -0.2) is 4.98 Å². The van der Waals surface area contributed by atoms with Crippen molar-refractivity contribution in [2.45, 2.75) is 19.1 Å². The van der Waals surface area contributed by atoms with Crippen LogP contribution >= 0.6 is 35.6 Å². The minimum absolute atomic E-state index is 0.609. The molecule has 23 heavy (non-hydrogen) atoms. The number of nitrogens with one attached hydrogen (secondary N) is 2. The molecule has 1 heterocycles. The molecular weight excluding hydrogens is 346 g/mol. The third kappa shape index (κ3) is 6.77. The summed E-state index contributed by atoms with van der Waals surface area (Å²) in [5, 5.41) is 7.73. The van der Waals surface area contributed by atoms with E-state index in [1.165, 1.54) is 5.56 Å². The summed E-state index contributed by atoms with van der Waals surface area (Å²) in [5.41, 5.74) is 2.32. The minimum atomic E-state index is 0.609. The van der Waals surface area contributed by atoms with Gasteiger partial charge >= 0.3 is 0 Å². The number of hydrogen-bond donors (Lipinski definition) is 2. The van der Waals surface area contributed by atoms with E-state index in [9.17, 15) is 0 Å². The van der Waals surface area contributed by atoms with Crippen LogP contribution in [-0.2, 0) is 5.75 Å². The van der Waals surface area contributed by atoms with E-state index >= 15 is 0 Å². The molecule has 0 spiro atoms. The van der Waals surface area contributed by atoms with E-state index in [-0.39, 0.29) is 0 Å². The van der Waals surface area contributed by atoms with Gasteiger partial charge in [0.15, 0.2) is 5.11 Å². The first-order valence-electron chi connectivity index (χ1n) is 7.44. The highest BCUT2D eigenvalue weighted by Crippen LogP contribution is 2.20. The van der Waals surface area contributed by atoms with Crippen molar-refractivity contribution in [3.8, 4) is 0 Å². The van der Waals surface area contributed by atoms with Crippen molar-refractivity contribution >= 4 is 46.5 Å². The second kappa shape index (κ2) is 9.75. The lowest BCUT2D eigenvalue weighted by molar-refractivity contribution is 0.854. The number of benzene rings is 1. The number of anilines is 1. The molecule has 0 saturated carbocycles. The molecule has 0 saturated heterocycles. The predicted molar refractivity (Wildman–Crippen MR) is 105 cm³/mol. The Kier molecular flexibility index (Phi) is 7.65. The highest BCUT2D eigenvalue weighted by Gasteiger charge is 2.00. The molecule has 1 aromatic carbocycles. The van der Waals surface area contributed by atoms with Gasteiger partial charge in [0.2, 0.25) is 0 Å². The van der Waals surface area contributed by atoms with E-state index in [2.05, 4.69) is 21.7 Å². The molecule has 0 aliphatic rings. The van der Waals surface area contributed by atoms with Crippen LogP contribution in [0.2, 0.25) is 5.02 Å². The standard InChI is InChI=1S/C17H20ClN3S2/c1-13-7-8-16(20-11-13)21-17(22)19-9-4-10-23-12-14-5-2-3-6-15(14)18/h2-3,5-8,11H,4,9-10,12H2,1H3,(H2,19,20,21,22). The lowest BCUT2D eigenvalue weighted by Crippen LogP contribution is -2.29. The minimum Gasteiger partial charge on any atom is -0.362 e. The number of aromatic nitrogens is 1. The maximum atomic E-state index is 6.14. The molecule has 0 aliphatic heterocycles. The van der Waals surface area contributed by atoms with Gasteiger partial charge in [-0.15, -0.1) is 0 Å². The topological polar surface area (TPSA) is 37.0 Å². The van der Waals surface area contributed by atoms with Crippen molar-refractivity contribution in [3.05, 3.63) is 58.7 Å². The highest BCUT2D eigenvalue weighted by molar-refractivity contribution is 7.98. The Balaban J connectivity index is 1.57. The Labute approximate surface area is 152 Å². The molecule has 0 amide bonds. The molecule has 2 aromatic rings. The molecular formula is C17H20ClN3S2. The van der Waals surface area contributed by atoms with E-state index < -0.39 is 0 Å². The summed E-state index contributed by atoms with van der Waals surface area (Å²) < 4.78 is 0. The van der Waals surface area contributed by atoms with Crippen LogP contribution in [0.4, 0.5) is 5.82 Å². The normalized spacial score (nSPS) is 10.3. The monoisotopic (exact) mass is 365 g/mol. The summed E-state index contributed by atoms with van der Waals surface area (Å²) in [6.07, 6.45) is 2.86. The quantitative estimate of drug-likeness (QED) is 0.551. The first-order chi connectivity index (χ1) is 11.1. The first-order valence-corrected chi connectivity index (χ1v) is 9.38. The molecule has 3 nitrogen and oxygen atoms in total. The van der Waals surface area contributed by atoms with E-state index in [0.717, 1.165) is 40.9 Å². The maximum absolute atomic E-state index is 6.14. The van der Waals surface area contributed by atoms with Gasteiger partial charge in [-0.1, -0.05) is 35.9 Å². The van der Waals surface area contributed by atoms with Crippen LogP contribution in [0, 0.1) is 6.92 Å². The van der Waals surface area contributed by atoms with Crippen molar-refractivity contribution in [1.82, 2.24) is 10.3 Å². The number of hydrogen-bond acceptors (Lipinski definition) is 3. The SMILES string of the molecule is Cc1ccc(NC(=S)NCCCSCc2ccccc2Cl)nc1. The first kappa shape index (κ1) is 18.0. The lowest BCUT2D eigenvalue weighted by atomic mass is 10.2. The van der Waals surface area contributed by atoms with Crippen molar-refractivity contribution in [1.29, 1.82) is 0 Å². The summed E-state index contributed by atoms with van der Waals surface area (Å²) in [6, 6.07) is 11.9. The largest absolute Gasteiger partial charge is 0.362 e. The Hall–Kier alpha value is -1.30. The van der Waals surface area contributed by atoms with Gasteiger partial charge in [0.1, 0.15) is 5.82 Å². The number of nitrogens with zero attached hydrogens (tertiary/aromatic N) is 1. The number of rotatable bonds is 7. The molecule has 2 rings (SSSR count). The lowest BCUT2D eigenvalue weighted by Gasteiger charge is -2.10. The molecule has 6 heteroatoms. The third-order valence-corrected chi connectivity index (χ3v) is 4.83. The van der Waals surface area contributed by atoms with Gasteiger partial charge in [-0.2, -0.15) is 11.8 Å². The van der Waals surface area contributed by atoms with Gasteiger partial charge < -0.3 is 10.6 Å². The van der Waals surface area contributed by atoms with Crippen molar-refractivity contribution in [3.63, 3.8) is 0 Å². The number of halogens is 1. The maximum Gasteiger partial charge on any atom is 0.171 e. The van der Waals surface area contributed by atoms with Crippen LogP contribution in [0.15, 0.2) is 42.6 Å². The fraction of sp³-hybridized carbons (Fsp3) is 0.294. The fourth-order valence-corrected chi connectivity index (χ4v) is 3.33. The Bertz CT molecular complexity index is 632. The number of aryl methyl sites for hydroxylation is 1. The second-order valence-electron chi connectivity index (χ2n) is 5.10. The molecule has 0 unspecified atom stereocenters. The Morgan fingerprint density at radius 1 is 1.26 bits per heavy atom. The number of thioether (sulfide) groups is 1. The van der Waals surface area contributed by atoms with E-state index in [1.807, 2.05) is 55.2 Å². The molecule has 0 aliphatic carbocycles. The predicted octanol–water partition coefficient (Wildman–Crippen LogP) is 4.65. The highest BCUT2D eigenvalue weighted by atomic mass is 35.5. The fourth-order valence-electron chi connectivity index (χ4n) is 1.88. The molecule has 0 atom stereocenters. The summed E-state index contributed by atoms with van der Waals surface area (Å²) in [5.74, 6) is 2.76. The summed E-state index contributed by atoms with van der Waals surface area (Å²) in [7, 11) is 0. The zero-order valence-corrected chi connectivity index (χ0v) is 15.4. The smallest absolute Gasteiger partial charge is 0.171 e. The average molecular weight is 366 g/mol. The van der Waals surface area contributed by atoms with Gasteiger partial charge in [-0.3, -0.25) is 0 Å². The zero-order chi connectivity index (χ0) is 16.5. The number of pyridine rings is 1. The van der Waals surface area contributed by atoms with Crippen LogP contribution in [0.3, 0.4) is 0 Å². The van der Waals surface area contributed by atoms with Gasteiger partial charge in [-0.05, 0) is 54.6 Å². The van der Waals surface area contributed by atoms with Crippen LogP contribution in [0.25, 0.3) is 0 Å². The summed E-state index contributed by atoms with van der Waals surface area (Å²) in [4.78, 5) is 4.26. The van der Waals surface area contributed by atoms with Gasteiger partial charge in [0.05, 0.1) is 0 Å². The second-order valence-corrected chi connectivity index (χ2v) is 7.02. The molecule has 1 aromatic heterocycles. The molecule has 0 bridgehead atoms. The van der Waals surface area contributed by atoms with Crippen LogP contribution in [0.5, 0.6) is 0 Å². The summed E-state index contributed by atoms with van der Waals surface area (Å²) >= 11 is 13.3.